The van der Waals surface area contributed by atoms with Gasteiger partial charge in [-0.3, -0.25) is 4.79 Å². The second kappa shape index (κ2) is 9.14. The van der Waals surface area contributed by atoms with E-state index >= 15 is 0 Å². The van der Waals surface area contributed by atoms with Crippen LogP contribution in [-0.4, -0.2) is 12.1 Å². The summed E-state index contributed by atoms with van der Waals surface area (Å²) < 4.78 is 6.63. The summed E-state index contributed by atoms with van der Waals surface area (Å²) >= 11 is 3.34. The number of benzene rings is 3. The molecule has 0 fully saturated rings. The van der Waals surface area contributed by atoms with Crippen molar-refractivity contribution in [3.05, 3.63) is 99.5 Å². The minimum absolute atomic E-state index is 0.259. The Balaban J connectivity index is 1.51. The Labute approximate surface area is 167 Å². The predicted octanol–water partition coefficient (Wildman–Crippen LogP) is 5.10. The van der Waals surface area contributed by atoms with Crippen molar-refractivity contribution in [2.24, 2.45) is 5.10 Å². The van der Waals surface area contributed by atoms with Crippen LogP contribution in [0.4, 0.5) is 0 Å². The SMILES string of the molecule is Cc1ccc(COc2ccc(C=NNC(=O)c3cccc(Br)c3)cc2)cc1. The summed E-state index contributed by atoms with van der Waals surface area (Å²) in [5.74, 6) is 0.525. The smallest absolute Gasteiger partial charge is 0.271 e. The molecule has 4 nitrogen and oxygen atoms in total. The Morgan fingerprint density at radius 1 is 1.07 bits per heavy atom. The standard InChI is InChI=1S/C22H19BrN2O2/c1-16-5-7-18(8-6-16)15-27-21-11-9-17(10-12-21)14-24-25-22(26)19-3-2-4-20(23)13-19/h2-14H,15H2,1H3,(H,25,26). The molecule has 0 saturated heterocycles. The minimum Gasteiger partial charge on any atom is -0.489 e. The van der Waals surface area contributed by atoms with Gasteiger partial charge in [-0.25, -0.2) is 5.43 Å². The van der Waals surface area contributed by atoms with Gasteiger partial charge in [-0.2, -0.15) is 5.10 Å². The number of nitrogens with zero attached hydrogens (tertiary/aromatic N) is 1. The van der Waals surface area contributed by atoms with Gasteiger partial charge < -0.3 is 4.74 Å². The van der Waals surface area contributed by atoms with E-state index in [-0.39, 0.29) is 5.91 Å². The molecule has 5 heteroatoms. The van der Waals surface area contributed by atoms with Crippen LogP contribution >= 0.6 is 15.9 Å². The summed E-state index contributed by atoms with van der Waals surface area (Å²) in [6, 6.07) is 22.9. The molecule has 136 valence electrons. The number of nitrogens with one attached hydrogen (secondary N) is 1. The predicted molar refractivity (Wildman–Crippen MR) is 111 cm³/mol. The second-order valence-electron chi connectivity index (χ2n) is 6.05. The largest absolute Gasteiger partial charge is 0.489 e. The lowest BCUT2D eigenvalue weighted by atomic mass is 10.2. The van der Waals surface area contributed by atoms with Crippen molar-refractivity contribution in [2.45, 2.75) is 13.5 Å². The number of carbonyl (C=O) groups is 1. The minimum atomic E-state index is -0.259. The van der Waals surface area contributed by atoms with Gasteiger partial charge >= 0.3 is 0 Å². The molecule has 3 aromatic carbocycles. The first-order valence-electron chi connectivity index (χ1n) is 8.47. The zero-order valence-corrected chi connectivity index (χ0v) is 16.4. The maximum Gasteiger partial charge on any atom is 0.271 e. The van der Waals surface area contributed by atoms with Crippen LogP contribution in [0.15, 0.2) is 82.4 Å². The summed E-state index contributed by atoms with van der Waals surface area (Å²) in [5.41, 5.74) is 6.29. The first kappa shape index (κ1) is 18.9. The quantitative estimate of drug-likeness (QED) is 0.443. The maximum absolute atomic E-state index is 12.0. The van der Waals surface area contributed by atoms with Crippen molar-refractivity contribution in [2.75, 3.05) is 0 Å². The van der Waals surface area contributed by atoms with Crippen LogP contribution in [0, 0.1) is 6.92 Å². The van der Waals surface area contributed by atoms with E-state index in [0.717, 1.165) is 21.3 Å². The van der Waals surface area contributed by atoms with Crippen molar-refractivity contribution < 1.29 is 9.53 Å². The van der Waals surface area contributed by atoms with Crippen LogP contribution in [0.1, 0.15) is 27.0 Å². The van der Waals surface area contributed by atoms with Crippen LogP contribution in [0.25, 0.3) is 0 Å². The number of hydrogen-bond donors (Lipinski definition) is 1. The Kier molecular flexibility index (Phi) is 6.39. The highest BCUT2D eigenvalue weighted by Crippen LogP contribution is 2.14. The second-order valence-corrected chi connectivity index (χ2v) is 6.97. The van der Waals surface area contributed by atoms with E-state index in [1.54, 1.807) is 24.4 Å². The normalized spacial score (nSPS) is 10.7. The van der Waals surface area contributed by atoms with Crippen LogP contribution in [0.5, 0.6) is 5.75 Å². The molecule has 0 heterocycles. The van der Waals surface area contributed by atoms with Gasteiger partial charge in [-0.1, -0.05) is 51.8 Å². The zero-order valence-electron chi connectivity index (χ0n) is 14.9. The Bertz CT molecular complexity index is 935. The number of carbonyl (C=O) groups excluding carboxylic acids is 1. The first-order valence-corrected chi connectivity index (χ1v) is 9.27. The van der Waals surface area contributed by atoms with E-state index in [0.29, 0.717) is 12.2 Å². The molecule has 0 atom stereocenters. The number of rotatable bonds is 6. The molecule has 27 heavy (non-hydrogen) atoms. The number of ether oxygens (including phenoxy) is 1. The molecule has 1 amide bonds. The van der Waals surface area contributed by atoms with E-state index in [1.165, 1.54) is 5.56 Å². The molecular weight excluding hydrogens is 404 g/mol. The van der Waals surface area contributed by atoms with Crippen LogP contribution in [0.3, 0.4) is 0 Å². The number of hydrogen-bond acceptors (Lipinski definition) is 3. The molecule has 0 aliphatic rings. The van der Waals surface area contributed by atoms with E-state index in [2.05, 4.69) is 57.6 Å². The molecule has 0 radical (unpaired) electrons. The molecule has 0 bridgehead atoms. The molecule has 3 rings (SSSR count). The topological polar surface area (TPSA) is 50.7 Å². The van der Waals surface area contributed by atoms with Gasteiger partial charge in [0.25, 0.3) is 5.91 Å². The fraction of sp³-hybridized carbons (Fsp3) is 0.0909. The maximum atomic E-state index is 12.0. The molecule has 0 aromatic heterocycles. The number of amides is 1. The highest BCUT2D eigenvalue weighted by atomic mass is 79.9. The highest BCUT2D eigenvalue weighted by molar-refractivity contribution is 9.10. The van der Waals surface area contributed by atoms with Crippen molar-refractivity contribution >= 4 is 28.1 Å². The van der Waals surface area contributed by atoms with Crippen molar-refractivity contribution in [3.8, 4) is 5.75 Å². The molecular formula is C22H19BrN2O2. The molecule has 1 N–H and O–H groups in total. The van der Waals surface area contributed by atoms with Crippen molar-refractivity contribution in [1.82, 2.24) is 5.43 Å². The number of aryl methyl sites for hydroxylation is 1. The summed E-state index contributed by atoms with van der Waals surface area (Å²) in [4.78, 5) is 12.0. The third-order valence-electron chi connectivity index (χ3n) is 3.87. The van der Waals surface area contributed by atoms with Crippen molar-refractivity contribution in [1.29, 1.82) is 0 Å². The zero-order chi connectivity index (χ0) is 19.1. The van der Waals surface area contributed by atoms with Gasteiger partial charge in [0.15, 0.2) is 0 Å². The van der Waals surface area contributed by atoms with Crippen LogP contribution in [0.2, 0.25) is 0 Å². The molecule has 0 saturated carbocycles. The highest BCUT2D eigenvalue weighted by Gasteiger charge is 2.03. The van der Waals surface area contributed by atoms with Crippen molar-refractivity contribution in [3.63, 3.8) is 0 Å². The number of hydrazone groups is 1. The lowest BCUT2D eigenvalue weighted by Gasteiger charge is -2.07. The van der Waals surface area contributed by atoms with Gasteiger partial charge in [0, 0.05) is 10.0 Å². The van der Waals surface area contributed by atoms with Gasteiger partial charge in [-0.05, 0) is 60.5 Å². The Hall–Kier alpha value is -2.92. The average molecular weight is 423 g/mol. The van der Waals surface area contributed by atoms with Crippen LogP contribution < -0.4 is 10.2 Å². The molecule has 0 spiro atoms. The monoisotopic (exact) mass is 422 g/mol. The number of halogens is 1. The molecule has 0 unspecified atom stereocenters. The third kappa shape index (κ3) is 5.79. The Morgan fingerprint density at radius 2 is 1.81 bits per heavy atom. The van der Waals surface area contributed by atoms with Gasteiger partial charge in [0.1, 0.15) is 12.4 Å². The molecule has 3 aromatic rings. The Morgan fingerprint density at radius 3 is 2.52 bits per heavy atom. The average Bonchev–Trinajstić information content (AvgIpc) is 2.68. The van der Waals surface area contributed by atoms with Gasteiger partial charge in [0.2, 0.25) is 0 Å². The first-order chi connectivity index (χ1) is 13.1. The summed E-state index contributed by atoms with van der Waals surface area (Å²) in [7, 11) is 0. The van der Waals surface area contributed by atoms with Gasteiger partial charge in [0.05, 0.1) is 6.21 Å². The lowest BCUT2D eigenvalue weighted by molar-refractivity contribution is 0.0955. The summed E-state index contributed by atoms with van der Waals surface area (Å²) in [6.07, 6.45) is 1.60. The van der Waals surface area contributed by atoms with Crippen LogP contribution in [-0.2, 0) is 6.61 Å². The fourth-order valence-electron chi connectivity index (χ4n) is 2.36. The van der Waals surface area contributed by atoms with E-state index in [4.69, 9.17) is 4.74 Å². The molecule has 0 aliphatic heterocycles. The van der Waals surface area contributed by atoms with Gasteiger partial charge in [-0.15, -0.1) is 0 Å². The van der Waals surface area contributed by atoms with E-state index in [9.17, 15) is 4.79 Å². The lowest BCUT2D eigenvalue weighted by Crippen LogP contribution is -2.17. The van der Waals surface area contributed by atoms with E-state index < -0.39 is 0 Å². The molecule has 0 aliphatic carbocycles. The summed E-state index contributed by atoms with van der Waals surface area (Å²) in [5, 5.41) is 4.00. The fourth-order valence-corrected chi connectivity index (χ4v) is 2.76. The summed E-state index contributed by atoms with van der Waals surface area (Å²) in [6.45, 7) is 2.59. The third-order valence-corrected chi connectivity index (χ3v) is 4.37. The van der Waals surface area contributed by atoms with E-state index in [1.807, 2.05) is 30.3 Å².